The molecule has 33 heavy (non-hydrogen) atoms. The van der Waals surface area contributed by atoms with E-state index in [9.17, 15) is 14.7 Å². The van der Waals surface area contributed by atoms with Crippen molar-refractivity contribution in [1.29, 1.82) is 0 Å². The SMILES string of the molecule is CN(C)c1ccc(C=C(NC(=O)c2ccccc2)C(=O)N/N=C/c2cc(Cl)ccc2O)cc1. The van der Waals surface area contributed by atoms with Crippen molar-refractivity contribution < 1.29 is 14.7 Å². The van der Waals surface area contributed by atoms with Crippen LogP contribution < -0.4 is 15.6 Å². The fraction of sp³-hybridized carbons (Fsp3) is 0.0800. The first-order chi connectivity index (χ1) is 15.8. The molecular weight excluding hydrogens is 440 g/mol. The summed E-state index contributed by atoms with van der Waals surface area (Å²) in [6.07, 6.45) is 2.82. The number of benzene rings is 3. The summed E-state index contributed by atoms with van der Waals surface area (Å²) in [5, 5.41) is 16.8. The highest BCUT2D eigenvalue weighted by molar-refractivity contribution is 6.30. The van der Waals surface area contributed by atoms with Crippen LogP contribution in [0.25, 0.3) is 6.08 Å². The number of phenolic OH excluding ortho intramolecular Hbond substituents is 1. The average Bonchev–Trinajstić information content (AvgIpc) is 2.81. The number of phenols is 1. The second kappa shape index (κ2) is 11.0. The van der Waals surface area contributed by atoms with Crippen LogP contribution in [-0.2, 0) is 4.79 Å². The van der Waals surface area contributed by atoms with Gasteiger partial charge in [0.15, 0.2) is 0 Å². The summed E-state index contributed by atoms with van der Waals surface area (Å²) in [5.41, 5.74) is 4.84. The van der Waals surface area contributed by atoms with Crippen LogP contribution in [0.5, 0.6) is 5.75 Å². The standard InChI is InChI=1S/C25H23ClN4O3/c1-30(2)21-11-8-17(9-12-21)14-22(28-24(32)18-6-4-3-5-7-18)25(33)29-27-16-19-15-20(26)10-13-23(19)31/h3-16,31H,1-2H3,(H,28,32)(H,29,33)/b22-14?,27-16+. The number of carbonyl (C=O) groups excluding carboxylic acids is 2. The molecule has 0 bridgehead atoms. The van der Waals surface area contributed by atoms with Gasteiger partial charge in [-0.25, -0.2) is 5.43 Å². The molecule has 0 heterocycles. The number of rotatable bonds is 7. The summed E-state index contributed by atoms with van der Waals surface area (Å²) in [7, 11) is 3.86. The molecule has 8 heteroatoms. The Morgan fingerprint density at radius 2 is 1.70 bits per heavy atom. The minimum absolute atomic E-state index is 0.00826. The molecule has 0 aliphatic heterocycles. The zero-order chi connectivity index (χ0) is 23.8. The summed E-state index contributed by atoms with van der Waals surface area (Å²) in [6.45, 7) is 0. The Labute approximate surface area is 197 Å². The largest absolute Gasteiger partial charge is 0.507 e. The molecule has 2 amide bonds. The molecule has 7 nitrogen and oxygen atoms in total. The van der Waals surface area contributed by atoms with E-state index < -0.39 is 11.8 Å². The third kappa shape index (κ3) is 6.69. The molecule has 3 aromatic rings. The van der Waals surface area contributed by atoms with Crippen LogP contribution in [0.4, 0.5) is 5.69 Å². The van der Waals surface area contributed by atoms with E-state index in [0.717, 1.165) is 11.3 Å². The lowest BCUT2D eigenvalue weighted by Gasteiger charge is -2.12. The Bertz CT molecular complexity index is 1190. The van der Waals surface area contributed by atoms with E-state index in [0.29, 0.717) is 16.1 Å². The van der Waals surface area contributed by atoms with Crippen LogP contribution in [0.1, 0.15) is 21.5 Å². The average molecular weight is 463 g/mol. The minimum atomic E-state index is -0.631. The monoisotopic (exact) mass is 462 g/mol. The van der Waals surface area contributed by atoms with E-state index in [1.807, 2.05) is 43.3 Å². The first-order valence-electron chi connectivity index (χ1n) is 10.0. The maximum absolute atomic E-state index is 12.8. The first kappa shape index (κ1) is 23.6. The van der Waals surface area contributed by atoms with Gasteiger partial charge in [-0.15, -0.1) is 0 Å². The second-order valence-corrected chi connectivity index (χ2v) is 7.70. The summed E-state index contributed by atoms with van der Waals surface area (Å²) >= 11 is 5.93. The molecule has 0 fully saturated rings. The molecule has 0 aliphatic rings. The first-order valence-corrected chi connectivity index (χ1v) is 10.4. The predicted octanol–water partition coefficient (Wildman–Crippen LogP) is 4.03. The lowest BCUT2D eigenvalue weighted by Crippen LogP contribution is -2.32. The van der Waals surface area contributed by atoms with Gasteiger partial charge < -0.3 is 15.3 Å². The van der Waals surface area contributed by atoms with Crippen LogP contribution in [-0.4, -0.2) is 37.2 Å². The number of halogens is 1. The fourth-order valence-corrected chi connectivity index (χ4v) is 3.01. The predicted molar refractivity (Wildman–Crippen MR) is 132 cm³/mol. The van der Waals surface area contributed by atoms with Crippen LogP contribution in [0.3, 0.4) is 0 Å². The molecule has 0 saturated heterocycles. The van der Waals surface area contributed by atoms with Crippen molar-refractivity contribution >= 4 is 41.4 Å². The summed E-state index contributed by atoms with van der Waals surface area (Å²) < 4.78 is 0. The van der Waals surface area contributed by atoms with Gasteiger partial charge in [0.1, 0.15) is 11.4 Å². The van der Waals surface area contributed by atoms with Crippen LogP contribution in [0.15, 0.2) is 83.6 Å². The fourth-order valence-electron chi connectivity index (χ4n) is 2.83. The third-order valence-corrected chi connectivity index (χ3v) is 4.84. The smallest absolute Gasteiger partial charge is 0.287 e. The highest BCUT2D eigenvalue weighted by Gasteiger charge is 2.14. The normalized spacial score (nSPS) is 11.3. The van der Waals surface area contributed by atoms with Crippen molar-refractivity contribution in [2.24, 2.45) is 5.10 Å². The number of nitrogens with one attached hydrogen (secondary N) is 2. The number of hydrogen-bond acceptors (Lipinski definition) is 5. The third-order valence-electron chi connectivity index (χ3n) is 4.61. The Morgan fingerprint density at radius 3 is 2.36 bits per heavy atom. The molecule has 168 valence electrons. The van der Waals surface area contributed by atoms with Crippen molar-refractivity contribution in [3.05, 3.63) is 100 Å². The molecule has 0 unspecified atom stereocenters. The van der Waals surface area contributed by atoms with E-state index >= 15 is 0 Å². The minimum Gasteiger partial charge on any atom is -0.507 e. The molecule has 3 rings (SSSR count). The topological polar surface area (TPSA) is 94.0 Å². The van der Waals surface area contributed by atoms with E-state index in [4.69, 9.17) is 11.6 Å². The molecule has 0 aromatic heterocycles. The molecule has 0 spiro atoms. The molecule has 0 aliphatic carbocycles. The molecule has 0 saturated carbocycles. The number of hydrogen-bond donors (Lipinski definition) is 3. The van der Waals surface area contributed by atoms with Gasteiger partial charge in [-0.1, -0.05) is 41.9 Å². The van der Waals surface area contributed by atoms with Crippen molar-refractivity contribution in [1.82, 2.24) is 10.7 Å². The van der Waals surface area contributed by atoms with Crippen LogP contribution >= 0.6 is 11.6 Å². The van der Waals surface area contributed by atoms with Gasteiger partial charge in [0.25, 0.3) is 11.8 Å². The van der Waals surface area contributed by atoms with Crippen LogP contribution in [0.2, 0.25) is 5.02 Å². The number of nitrogens with zero attached hydrogens (tertiary/aromatic N) is 2. The lowest BCUT2D eigenvalue weighted by molar-refractivity contribution is -0.117. The van der Waals surface area contributed by atoms with Gasteiger partial charge in [0, 0.05) is 35.9 Å². The Balaban J connectivity index is 1.83. The summed E-state index contributed by atoms with van der Waals surface area (Å²) in [6, 6.07) is 20.5. The summed E-state index contributed by atoms with van der Waals surface area (Å²) in [4.78, 5) is 27.4. The maximum atomic E-state index is 12.8. The van der Waals surface area contributed by atoms with Gasteiger partial charge in [-0.05, 0) is 54.1 Å². The second-order valence-electron chi connectivity index (χ2n) is 7.27. The zero-order valence-corrected chi connectivity index (χ0v) is 18.9. The van der Waals surface area contributed by atoms with Crippen molar-refractivity contribution in [3.63, 3.8) is 0 Å². The van der Waals surface area contributed by atoms with E-state index in [1.165, 1.54) is 24.4 Å². The summed E-state index contributed by atoms with van der Waals surface area (Å²) in [5.74, 6) is -1.10. The van der Waals surface area contributed by atoms with Gasteiger partial charge >= 0.3 is 0 Å². The van der Waals surface area contributed by atoms with Crippen LogP contribution in [0, 0.1) is 0 Å². The lowest BCUT2D eigenvalue weighted by atomic mass is 10.1. The molecular formula is C25H23ClN4O3. The van der Waals surface area contributed by atoms with Gasteiger partial charge in [0.2, 0.25) is 0 Å². The highest BCUT2D eigenvalue weighted by Crippen LogP contribution is 2.19. The Kier molecular flexibility index (Phi) is 7.83. The van der Waals surface area contributed by atoms with E-state index in [1.54, 1.807) is 36.4 Å². The van der Waals surface area contributed by atoms with E-state index in [2.05, 4.69) is 15.8 Å². The molecule has 0 atom stereocenters. The van der Waals surface area contributed by atoms with Gasteiger partial charge in [-0.2, -0.15) is 5.10 Å². The number of carbonyl (C=O) groups is 2. The number of anilines is 1. The van der Waals surface area contributed by atoms with Crippen molar-refractivity contribution in [2.45, 2.75) is 0 Å². The Morgan fingerprint density at radius 1 is 1.00 bits per heavy atom. The van der Waals surface area contributed by atoms with Crippen molar-refractivity contribution in [3.8, 4) is 5.75 Å². The van der Waals surface area contributed by atoms with E-state index in [-0.39, 0.29) is 11.4 Å². The van der Waals surface area contributed by atoms with Gasteiger partial charge in [-0.3, -0.25) is 9.59 Å². The Hall–Kier alpha value is -4.10. The van der Waals surface area contributed by atoms with Gasteiger partial charge in [0.05, 0.1) is 6.21 Å². The van der Waals surface area contributed by atoms with Crippen molar-refractivity contribution in [2.75, 3.05) is 19.0 Å². The number of aromatic hydroxyl groups is 1. The quantitative estimate of drug-likeness (QED) is 0.280. The highest BCUT2D eigenvalue weighted by atomic mass is 35.5. The maximum Gasteiger partial charge on any atom is 0.287 e. The molecule has 0 radical (unpaired) electrons. The molecule has 3 N–H and O–H groups in total. The molecule has 3 aromatic carbocycles. The zero-order valence-electron chi connectivity index (χ0n) is 18.1. The number of hydrazone groups is 1. The number of amides is 2.